The Morgan fingerprint density at radius 1 is 1.53 bits per heavy atom. The molecule has 1 fully saturated rings. The lowest BCUT2D eigenvalue weighted by molar-refractivity contribution is -0.109. The van der Waals surface area contributed by atoms with Gasteiger partial charge in [-0.15, -0.1) is 0 Å². The molecule has 17 heavy (non-hydrogen) atoms. The molecule has 1 heterocycles. The van der Waals surface area contributed by atoms with Gasteiger partial charge in [0, 0.05) is 5.56 Å². The van der Waals surface area contributed by atoms with Crippen molar-refractivity contribution in [2.75, 3.05) is 26.9 Å². The molecule has 0 aliphatic carbocycles. The van der Waals surface area contributed by atoms with Crippen LogP contribution >= 0.6 is 0 Å². The molecule has 4 nitrogen and oxygen atoms in total. The van der Waals surface area contributed by atoms with E-state index in [0.717, 1.165) is 11.3 Å². The SMILES string of the molecule is COc1ccc(C(=O)C2(CO)COC2)cc1C. The Balaban J connectivity index is 2.28. The van der Waals surface area contributed by atoms with Gasteiger partial charge in [0.25, 0.3) is 0 Å². The van der Waals surface area contributed by atoms with E-state index < -0.39 is 5.41 Å². The Bertz CT molecular complexity index is 430. The van der Waals surface area contributed by atoms with Gasteiger partial charge in [0.1, 0.15) is 11.2 Å². The summed E-state index contributed by atoms with van der Waals surface area (Å²) in [5.41, 5.74) is 0.772. The number of Topliss-reactive ketones (excluding diaryl/α,β-unsaturated/α-hetero) is 1. The van der Waals surface area contributed by atoms with Crippen LogP contribution in [0.1, 0.15) is 15.9 Å². The molecule has 1 aliphatic rings. The van der Waals surface area contributed by atoms with Crippen LogP contribution in [0.15, 0.2) is 18.2 Å². The summed E-state index contributed by atoms with van der Waals surface area (Å²) in [5.74, 6) is 0.696. The molecule has 1 aromatic rings. The fourth-order valence-corrected chi connectivity index (χ4v) is 1.97. The predicted molar refractivity (Wildman–Crippen MR) is 62.4 cm³/mol. The van der Waals surface area contributed by atoms with E-state index >= 15 is 0 Å². The third-order valence-corrected chi connectivity index (χ3v) is 3.20. The number of methoxy groups -OCH3 is 1. The van der Waals surface area contributed by atoms with Crippen LogP contribution in [-0.4, -0.2) is 37.8 Å². The number of benzene rings is 1. The molecule has 1 aromatic carbocycles. The lowest BCUT2D eigenvalue weighted by atomic mass is 9.79. The molecule has 0 atom stereocenters. The van der Waals surface area contributed by atoms with Crippen molar-refractivity contribution in [3.05, 3.63) is 29.3 Å². The van der Waals surface area contributed by atoms with Gasteiger partial charge in [0.05, 0.1) is 26.9 Å². The summed E-state index contributed by atoms with van der Waals surface area (Å²) < 4.78 is 10.2. The van der Waals surface area contributed by atoms with Crippen molar-refractivity contribution in [2.24, 2.45) is 5.41 Å². The maximum absolute atomic E-state index is 12.3. The minimum Gasteiger partial charge on any atom is -0.496 e. The fraction of sp³-hybridized carbons (Fsp3) is 0.462. The molecule has 2 rings (SSSR count). The molecule has 0 amide bonds. The van der Waals surface area contributed by atoms with E-state index in [1.165, 1.54) is 0 Å². The van der Waals surface area contributed by atoms with Gasteiger partial charge in [-0.2, -0.15) is 0 Å². The average molecular weight is 236 g/mol. The Labute approximate surface area is 100 Å². The number of hydrogen-bond donors (Lipinski definition) is 1. The van der Waals surface area contributed by atoms with Crippen LogP contribution in [0.5, 0.6) is 5.75 Å². The van der Waals surface area contributed by atoms with Crippen LogP contribution in [0.2, 0.25) is 0 Å². The van der Waals surface area contributed by atoms with E-state index in [2.05, 4.69) is 0 Å². The van der Waals surface area contributed by atoms with E-state index in [1.54, 1.807) is 25.3 Å². The van der Waals surface area contributed by atoms with E-state index in [1.807, 2.05) is 6.92 Å². The Morgan fingerprint density at radius 3 is 2.65 bits per heavy atom. The zero-order chi connectivity index (χ0) is 12.5. The molecule has 0 spiro atoms. The van der Waals surface area contributed by atoms with Gasteiger partial charge in [-0.05, 0) is 30.7 Å². The van der Waals surface area contributed by atoms with E-state index in [9.17, 15) is 9.90 Å². The number of hydrogen-bond acceptors (Lipinski definition) is 4. The fourth-order valence-electron chi connectivity index (χ4n) is 1.97. The van der Waals surface area contributed by atoms with Crippen LogP contribution in [0.25, 0.3) is 0 Å². The zero-order valence-corrected chi connectivity index (χ0v) is 10.0. The monoisotopic (exact) mass is 236 g/mol. The maximum atomic E-state index is 12.3. The van der Waals surface area contributed by atoms with Crippen LogP contribution in [0.4, 0.5) is 0 Å². The molecule has 0 bridgehead atoms. The van der Waals surface area contributed by atoms with E-state index in [0.29, 0.717) is 18.8 Å². The first kappa shape index (κ1) is 12.1. The van der Waals surface area contributed by atoms with Gasteiger partial charge in [-0.3, -0.25) is 4.79 Å². The van der Waals surface area contributed by atoms with E-state index in [4.69, 9.17) is 9.47 Å². The molecule has 0 radical (unpaired) electrons. The van der Waals surface area contributed by atoms with Gasteiger partial charge in [-0.1, -0.05) is 0 Å². The number of aliphatic hydroxyl groups excluding tert-OH is 1. The minimum atomic E-state index is -0.735. The molecule has 0 saturated carbocycles. The predicted octanol–water partition coefficient (Wildman–Crippen LogP) is 1.20. The molecule has 0 aromatic heterocycles. The van der Waals surface area contributed by atoms with Gasteiger partial charge >= 0.3 is 0 Å². The van der Waals surface area contributed by atoms with Gasteiger partial charge in [0.2, 0.25) is 0 Å². The van der Waals surface area contributed by atoms with Crippen molar-refractivity contribution in [1.82, 2.24) is 0 Å². The van der Waals surface area contributed by atoms with Gasteiger partial charge < -0.3 is 14.6 Å². The second-order valence-electron chi connectivity index (χ2n) is 4.44. The number of carbonyl (C=O) groups excluding carboxylic acids is 1. The molecule has 4 heteroatoms. The molecule has 92 valence electrons. The van der Waals surface area contributed by atoms with Crippen molar-refractivity contribution in [2.45, 2.75) is 6.92 Å². The standard InChI is InChI=1S/C13H16O4/c1-9-5-10(3-4-11(9)16-2)12(15)13(6-14)7-17-8-13/h3-5,14H,6-8H2,1-2H3. The van der Waals surface area contributed by atoms with Crippen LogP contribution in [0, 0.1) is 12.3 Å². The summed E-state index contributed by atoms with van der Waals surface area (Å²) >= 11 is 0. The number of ketones is 1. The topological polar surface area (TPSA) is 55.8 Å². The number of aryl methyl sites for hydroxylation is 1. The second kappa shape index (κ2) is 4.47. The third-order valence-electron chi connectivity index (χ3n) is 3.20. The number of rotatable bonds is 4. The summed E-state index contributed by atoms with van der Waals surface area (Å²) in [6.45, 7) is 2.32. The highest BCUT2D eigenvalue weighted by Gasteiger charge is 2.45. The van der Waals surface area contributed by atoms with Crippen molar-refractivity contribution >= 4 is 5.78 Å². The highest BCUT2D eigenvalue weighted by atomic mass is 16.5. The van der Waals surface area contributed by atoms with E-state index in [-0.39, 0.29) is 12.4 Å². The first-order chi connectivity index (χ1) is 8.13. The third kappa shape index (κ3) is 1.94. The minimum absolute atomic E-state index is 0.0583. The first-order valence-corrected chi connectivity index (χ1v) is 5.51. The Kier molecular flexibility index (Phi) is 3.17. The Hall–Kier alpha value is -1.39. The van der Waals surface area contributed by atoms with Crippen LogP contribution in [0.3, 0.4) is 0 Å². The largest absolute Gasteiger partial charge is 0.496 e. The van der Waals surface area contributed by atoms with Crippen molar-refractivity contribution < 1.29 is 19.4 Å². The Morgan fingerprint density at radius 2 is 2.24 bits per heavy atom. The molecule has 1 N–H and O–H groups in total. The summed E-state index contributed by atoms with van der Waals surface area (Å²) in [5, 5.41) is 9.31. The lowest BCUT2D eigenvalue weighted by Crippen LogP contribution is -2.51. The van der Waals surface area contributed by atoms with Crippen LogP contribution < -0.4 is 4.74 Å². The zero-order valence-electron chi connectivity index (χ0n) is 10.0. The summed E-state index contributed by atoms with van der Waals surface area (Å²) in [6, 6.07) is 5.29. The van der Waals surface area contributed by atoms with Gasteiger partial charge in [-0.25, -0.2) is 0 Å². The summed E-state index contributed by atoms with van der Waals surface area (Å²) in [6.07, 6.45) is 0. The van der Waals surface area contributed by atoms with Crippen molar-refractivity contribution in [3.8, 4) is 5.75 Å². The normalized spacial score (nSPS) is 17.4. The second-order valence-corrected chi connectivity index (χ2v) is 4.44. The summed E-state index contributed by atoms with van der Waals surface area (Å²) in [7, 11) is 1.60. The average Bonchev–Trinajstić information content (AvgIpc) is 2.28. The lowest BCUT2D eigenvalue weighted by Gasteiger charge is -2.38. The van der Waals surface area contributed by atoms with Crippen LogP contribution in [-0.2, 0) is 4.74 Å². The highest BCUT2D eigenvalue weighted by Crippen LogP contribution is 2.32. The quantitative estimate of drug-likeness (QED) is 0.798. The molecular formula is C13H16O4. The molecule has 0 unspecified atom stereocenters. The molecule has 1 saturated heterocycles. The number of aliphatic hydroxyl groups is 1. The number of carbonyl (C=O) groups is 1. The smallest absolute Gasteiger partial charge is 0.175 e. The van der Waals surface area contributed by atoms with Crippen molar-refractivity contribution in [1.29, 1.82) is 0 Å². The van der Waals surface area contributed by atoms with Gasteiger partial charge in [0.15, 0.2) is 5.78 Å². The summed E-state index contributed by atoms with van der Waals surface area (Å²) in [4.78, 5) is 12.3. The number of ether oxygens (including phenoxy) is 2. The highest BCUT2D eigenvalue weighted by molar-refractivity contribution is 6.01. The maximum Gasteiger partial charge on any atom is 0.175 e. The molecule has 1 aliphatic heterocycles. The first-order valence-electron chi connectivity index (χ1n) is 5.51. The molecular weight excluding hydrogens is 220 g/mol. The van der Waals surface area contributed by atoms with Crippen molar-refractivity contribution in [3.63, 3.8) is 0 Å².